The van der Waals surface area contributed by atoms with Crippen molar-refractivity contribution in [3.05, 3.63) is 0 Å². The average molecular weight is 269 g/mol. The van der Waals surface area contributed by atoms with Gasteiger partial charge in [0.1, 0.15) is 0 Å². The molecule has 6 nitrogen and oxygen atoms in total. The van der Waals surface area contributed by atoms with Gasteiger partial charge in [0.15, 0.2) is 0 Å². The van der Waals surface area contributed by atoms with Gasteiger partial charge in [0.05, 0.1) is 12.5 Å². The van der Waals surface area contributed by atoms with E-state index in [1.54, 1.807) is 0 Å². The molecule has 1 aliphatic heterocycles. The Morgan fingerprint density at radius 1 is 1.21 bits per heavy atom. The molecule has 0 aromatic rings. The molecule has 2 unspecified atom stereocenters. The van der Waals surface area contributed by atoms with E-state index in [4.69, 9.17) is 10.8 Å². The fraction of sp³-hybridized carbons (Fsp3) is 0.846. The second kappa shape index (κ2) is 6.34. The van der Waals surface area contributed by atoms with Crippen LogP contribution in [0, 0.1) is 5.92 Å². The highest BCUT2D eigenvalue weighted by Gasteiger charge is 2.30. The lowest BCUT2D eigenvalue weighted by Crippen LogP contribution is -2.46. The fourth-order valence-electron chi connectivity index (χ4n) is 2.92. The molecule has 6 heteroatoms. The summed E-state index contributed by atoms with van der Waals surface area (Å²) in [5, 5.41) is 11.9. The van der Waals surface area contributed by atoms with E-state index in [0.717, 1.165) is 32.4 Å². The third-order valence-electron chi connectivity index (χ3n) is 4.15. The summed E-state index contributed by atoms with van der Waals surface area (Å²) in [5.41, 5.74) is 5.82. The van der Waals surface area contributed by atoms with Crippen LogP contribution in [0.5, 0.6) is 0 Å². The molecule has 19 heavy (non-hydrogen) atoms. The molecule has 108 valence electrons. The summed E-state index contributed by atoms with van der Waals surface area (Å²) in [5.74, 6) is -1.04. The van der Waals surface area contributed by atoms with Gasteiger partial charge in [-0.25, -0.2) is 0 Å². The minimum Gasteiger partial charge on any atom is -0.481 e. The zero-order chi connectivity index (χ0) is 13.8. The predicted octanol–water partition coefficient (Wildman–Crippen LogP) is -0.221. The quantitative estimate of drug-likeness (QED) is 0.656. The van der Waals surface area contributed by atoms with Gasteiger partial charge in [-0.05, 0) is 32.1 Å². The number of amides is 1. The number of hydrogen-bond acceptors (Lipinski definition) is 4. The van der Waals surface area contributed by atoms with E-state index < -0.39 is 5.97 Å². The molecular formula is C13H23N3O3. The maximum absolute atomic E-state index is 11.9. The minimum atomic E-state index is -0.748. The van der Waals surface area contributed by atoms with E-state index in [9.17, 15) is 9.59 Å². The van der Waals surface area contributed by atoms with E-state index in [1.807, 2.05) is 0 Å². The zero-order valence-electron chi connectivity index (χ0n) is 11.2. The third kappa shape index (κ3) is 4.18. The number of likely N-dealkylation sites (tertiary alicyclic amines) is 1. The maximum Gasteiger partial charge on any atom is 0.306 e. The van der Waals surface area contributed by atoms with Crippen molar-refractivity contribution in [2.45, 2.75) is 44.2 Å². The van der Waals surface area contributed by atoms with Crippen molar-refractivity contribution in [2.75, 3.05) is 19.6 Å². The van der Waals surface area contributed by atoms with E-state index in [2.05, 4.69) is 10.2 Å². The Hall–Kier alpha value is -1.14. The molecule has 2 fully saturated rings. The van der Waals surface area contributed by atoms with Gasteiger partial charge < -0.3 is 16.2 Å². The van der Waals surface area contributed by atoms with E-state index in [0.29, 0.717) is 19.4 Å². The molecule has 4 N–H and O–H groups in total. The smallest absolute Gasteiger partial charge is 0.306 e. The molecule has 2 atom stereocenters. The van der Waals surface area contributed by atoms with Crippen molar-refractivity contribution in [2.24, 2.45) is 11.7 Å². The summed E-state index contributed by atoms with van der Waals surface area (Å²) in [4.78, 5) is 24.9. The second-order valence-electron chi connectivity index (χ2n) is 5.73. The molecule has 1 amide bonds. The number of carbonyl (C=O) groups excluding carboxylic acids is 1. The molecule has 0 bridgehead atoms. The summed E-state index contributed by atoms with van der Waals surface area (Å²) in [6.45, 7) is 2.15. The molecule has 1 saturated heterocycles. The Balaban J connectivity index is 1.69. The first-order chi connectivity index (χ1) is 9.04. The summed E-state index contributed by atoms with van der Waals surface area (Å²) in [6, 6.07) is 0.297. The lowest BCUT2D eigenvalue weighted by Gasteiger charge is -2.29. The zero-order valence-corrected chi connectivity index (χ0v) is 11.2. The molecule has 1 saturated carbocycles. The summed E-state index contributed by atoms with van der Waals surface area (Å²) < 4.78 is 0. The molecule has 1 aliphatic carbocycles. The van der Waals surface area contributed by atoms with Gasteiger partial charge >= 0.3 is 5.97 Å². The van der Waals surface area contributed by atoms with Crippen molar-refractivity contribution in [3.63, 3.8) is 0 Å². The van der Waals surface area contributed by atoms with Gasteiger partial charge in [0.25, 0.3) is 0 Å². The van der Waals surface area contributed by atoms with Gasteiger partial charge in [-0.1, -0.05) is 0 Å². The number of hydrogen-bond donors (Lipinski definition) is 3. The van der Waals surface area contributed by atoms with Gasteiger partial charge in [0, 0.05) is 25.2 Å². The molecule has 0 aromatic heterocycles. The summed E-state index contributed by atoms with van der Waals surface area (Å²) in [6.07, 6.45) is 3.88. The number of nitrogens with one attached hydrogen (secondary N) is 1. The van der Waals surface area contributed by atoms with Crippen LogP contribution in [0.4, 0.5) is 0 Å². The first-order valence-corrected chi connectivity index (χ1v) is 7.04. The number of carboxylic acids is 1. The molecule has 2 rings (SSSR count). The molecular weight excluding hydrogens is 246 g/mol. The van der Waals surface area contributed by atoms with Crippen molar-refractivity contribution in [1.29, 1.82) is 0 Å². The van der Waals surface area contributed by atoms with Gasteiger partial charge in [-0.2, -0.15) is 0 Å². The Bertz CT molecular complexity index is 340. The first kappa shape index (κ1) is 14.3. The molecule has 2 aliphatic rings. The van der Waals surface area contributed by atoms with Crippen LogP contribution >= 0.6 is 0 Å². The SMILES string of the molecule is NC1CCN(CC(=O)NC2CCC(C(=O)O)C2)CC1. The number of carboxylic acid groups (broad SMARTS) is 1. The summed E-state index contributed by atoms with van der Waals surface area (Å²) >= 11 is 0. The number of nitrogens with zero attached hydrogens (tertiary/aromatic N) is 1. The highest BCUT2D eigenvalue weighted by Crippen LogP contribution is 2.25. The van der Waals surface area contributed by atoms with Crippen LogP contribution in [0.15, 0.2) is 0 Å². The second-order valence-corrected chi connectivity index (χ2v) is 5.73. The van der Waals surface area contributed by atoms with Crippen molar-refractivity contribution >= 4 is 11.9 Å². The van der Waals surface area contributed by atoms with Crippen LogP contribution in [0.1, 0.15) is 32.1 Å². The number of aliphatic carboxylic acids is 1. The molecule has 1 heterocycles. The lowest BCUT2D eigenvalue weighted by atomic mass is 10.1. The van der Waals surface area contributed by atoms with Gasteiger partial charge in [-0.15, -0.1) is 0 Å². The number of rotatable bonds is 4. The highest BCUT2D eigenvalue weighted by molar-refractivity contribution is 5.78. The van der Waals surface area contributed by atoms with Crippen LogP contribution in [-0.4, -0.2) is 53.6 Å². The Morgan fingerprint density at radius 2 is 1.89 bits per heavy atom. The molecule has 0 aromatic carbocycles. The van der Waals surface area contributed by atoms with Crippen LogP contribution in [-0.2, 0) is 9.59 Å². The van der Waals surface area contributed by atoms with Crippen molar-refractivity contribution < 1.29 is 14.7 Å². The Labute approximate surface area is 113 Å². The van der Waals surface area contributed by atoms with Crippen LogP contribution in [0.2, 0.25) is 0 Å². The van der Waals surface area contributed by atoms with E-state index in [1.165, 1.54) is 0 Å². The predicted molar refractivity (Wildman–Crippen MR) is 70.6 cm³/mol. The summed E-state index contributed by atoms with van der Waals surface area (Å²) in [7, 11) is 0. The third-order valence-corrected chi connectivity index (χ3v) is 4.15. The van der Waals surface area contributed by atoms with Gasteiger partial charge in [0.2, 0.25) is 5.91 Å². The molecule has 0 radical (unpaired) electrons. The number of nitrogens with two attached hydrogens (primary N) is 1. The first-order valence-electron chi connectivity index (χ1n) is 7.04. The van der Waals surface area contributed by atoms with Crippen molar-refractivity contribution in [1.82, 2.24) is 10.2 Å². The minimum absolute atomic E-state index is 0.00603. The van der Waals surface area contributed by atoms with Crippen LogP contribution in [0.25, 0.3) is 0 Å². The largest absolute Gasteiger partial charge is 0.481 e. The van der Waals surface area contributed by atoms with E-state index >= 15 is 0 Å². The Kier molecular flexibility index (Phi) is 4.76. The van der Waals surface area contributed by atoms with Crippen LogP contribution < -0.4 is 11.1 Å². The monoisotopic (exact) mass is 269 g/mol. The average Bonchev–Trinajstić information content (AvgIpc) is 2.80. The van der Waals surface area contributed by atoms with Gasteiger partial charge in [-0.3, -0.25) is 14.5 Å². The topological polar surface area (TPSA) is 95.7 Å². The lowest BCUT2D eigenvalue weighted by molar-refractivity contribution is -0.141. The van der Waals surface area contributed by atoms with E-state index in [-0.39, 0.29) is 23.9 Å². The van der Waals surface area contributed by atoms with Crippen molar-refractivity contribution in [3.8, 4) is 0 Å². The Morgan fingerprint density at radius 3 is 2.47 bits per heavy atom. The number of carbonyl (C=O) groups is 2. The number of piperidine rings is 1. The highest BCUT2D eigenvalue weighted by atomic mass is 16.4. The van der Waals surface area contributed by atoms with Crippen LogP contribution in [0.3, 0.4) is 0 Å². The standard InChI is InChI=1S/C13H23N3O3/c14-10-3-5-16(6-4-10)8-12(17)15-11-2-1-9(7-11)13(18)19/h9-11H,1-8,14H2,(H,15,17)(H,18,19). The maximum atomic E-state index is 11.9. The molecule has 0 spiro atoms. The fourth-order valence-corrected chi connectivity index (χ4v) is 2.92. The normalized spacial score (nSPS) is 29.3.